The minimum absolute atomic E-state index is 0.0835. The van der Waals surface area contributed by atoms with Crippen LogP contribution in [-0.2, 0) is 14.8 Å². The number of rotatable bonds is 6. The summed E-state index contributed by atoms with van der Waals surface area (Å²) in [4.78, 5) is 25.6. The lowest BCUT2D eigenvalue weighted by molar-refractivity contribution is -0.134. The van der Waals surface area contributed by atoms with E-state index >= 15 is 0 Å². The standard InChI is InChI=1S/C20H21ClN2O5S/c1-15(24)16-3-2-4-18(13-16)28-14-20(25)22-9-11-23(12-10-22)29(26,27)19-7-5-17(21)6-8-19/h2-8,13H,9-12,14H2,1H3. The Kier molecular flexibility index (Phi) is 6.56. The molecule has 3 rings (SSSR count). The van der Waals surface area contributed by atoms with Crippen molar-refractivity contribution in [2.24, 2.45) is 0 Å². The predicted octanol–water partition coefficient (Wildman–Crippen LogP) is 2.45. The van der Waals surface area contributed by atoms with Gasteiger partial charge in [0.2, 0.25) is 10.0 Å². The number of hydrogen-bond acceptors (Lipinski definition) is 5. The highest BCUT2D eigenvalue weighted by atomic mass is 35.5. The number of amides is 1. The summed E-state index contributed by atoms with van der Waals surface area (Å²) in [5.74, 6) is 0.122. The van der Waals surface area contributed by atoms with E-state index in [1.54, 1.807) is 29.2 Å². The molecule has 0 bridgehead atoms. The third kappa shape index (κ3) is 5.14. The largest absolute Gasteiger partial charge is 0.484 e. The first kappa shape index (κ1) is 21.3. The smallest absolute Gasteiger partial charge is 0.260 e. The molecule has 2 aromatic carbocycles. The first-order valence-corrected chi connectivity index (χ1v) is 10.9. The zero-order valence-corrected chi connectivity index (χ0v) is 17.4. The van der Waals surface area contributed by atoms with Crippen LogP contribution in [0, 0.1) is 0 Å². The first-order valence-electron chi connectivity index (χ1n) is 9.04. The van der Waals surface area contributed by atoms with Crippen LogP contribution in [0.5, 0.6) is 5.75 Å². The van der Waals surface area contributed by atoms with Crippen molar-refractivity contribution in [3.63, 3.8) is 0 Å². The van der Waals surface area contributed by atoms with Crippen molar-refractivity contribution in [2.75, 3.05) is 32.8 Å². The van der Waals surface area contributed by atoms with Gasteiger partial charge in [-0.25, -0.2) is 8.42 Å². The molecule has 0 spiro atoms. The Morgan fingerprint density at radius 1 is 1.03 bits per heavy atom. The maximum Gasteiger partial charge on any atom is 0.260 e. The number of nitrogens with zero attached hydrogens (tertiary/aromatic N) is 2. The molecule has 1 aliphatic heterocycles. The lowest BCUT2D eigenvalue weighted by Crippen LogP contribution is -2.51. The van der Waals surface area contributed by atoms with Crippen LogP contribution in [0.2, 0.25) is 5.02 Å². The van der Waals surface area contributed by atoms with Crippen molar-refractivity contribution in [2.45, 2.75) is 11.8 Å². The number of piperazine rings is 1. The van der Waals surface area contributed by atoms with Crippen molar-refractivity contribution >= 4 is 33.3 Å². The van der Waals surface area contributed by atoms with Gasteiger partial charge in [-0.05, 0) is 43.3 Å². The quantitative estimate of drug-likeness (QED) is 0.649. The molecule has 1 amide bonds. The molecule has 0 saturated carbocycles. The monoisotopic (exact) mass is 436 g/mol. The van der Waals surface area contributed by atoms with E-state index in [2.05, 4.69) is 0 Å². The van der Waals surface area contributed by atoms with Crippen LogP contribution in [0.3, 0.4) is 0 Å². The molecule has 29 heavy (non-hydrogen) atoms. The van der Waals surface area contributed by atoms with Crippen molar-refractivity contribution < 1.29 is 22.7 Å². The van der Waals surface area contributed by atoms with Crippen LogP contribution in [0.25, 0.3) is 0 Å². The number of ketones is 1. The Hall–Kier alpha value is -2.42. The average Bonchev–Trinajstić information content (AvgIpc) is 2.72. The summed E-state index contributed by atoms with van der Waals surface area (Å²) in [5, 5.41) is 0.466. The van der Waals surface area contributed by atoms with E-state index in [0.717, 1.165) is 0 Å². The number of sulfonamides is 1. The van der Waals surface area contributed by atoms with Gasteiger partial charge >= 0.3 is 0 Å². The van der Waals surface area contributed by atoms with Crippen LogP contribution in [-0.4, -0.2) is 62.1 Å². The van der Waals surface area contributed by atoms with Crippen molar-refractivity contribution in [1.82, 2.24) is 9.21 Å². The summed E-state index contributed by atoms with van der Waals surface area (Å²) >= 11 is 5.82. The van der Waals surface area contributed by atoms with Gasteiger partial charge in [0.25, 0.3) is 5.91 Å². The minimum Gasteiger partial charge on any atom is -0.484 e. The zero-order valence-electron chi connectivity index (χ0n) is 15.9. The lowest BCUT2D eigenvalue weighted by atomic mass is 10.1. The molecule has 0 N–H and O–H groups in total. The maximum atomic E-state index is 12.7. The fourth-order valence-corrected chi connectivity index (χ4v) is 4.52. The van der Waals surface area contributed by atoms with Crippen molar-refractivity contribution in [3.05, 3.63) is 59.1 Å². The minimum atomic E-state index is -3.62. The number of Topliss-reactive ketones (excluding diaryl/α,β-unsaturated/α-hetero) is 1. The first-order chi connectivity index (χ1) is 13.8. The van der Waals surface area contributed by atoms with Crippen molar-refractivity contribution in [1.29, 1.82) is 0 Å². The molecule has 1 aliphatic rings. The van der Waals surface area contributed by atoms with Gasteiger partial charge in [-0.15, -0.1) is 0 Å². The second-order valence-electron chi connectivity index (χ2n) is 6.61. The predicted molar refractivity (Wildman–Crippen MR) is 109 cm³/mol. The van der Waals surface area contributed by atoms with Crippen LogP contribution in [0.4, 0.5) is 0 Å². The summed E-state index contributed by atoms with van der Waals surface area (Å²) in [6.07, 6.45) is 0. The highest BCUT2D eigenvalue weighted by molar-refractivity contribution is 7.89. The molecule has 2 aromatic rings. The Balaban J connectivity index is 1.55. The third-order valence-electron chi connectivity index (χ3n) is 4.65. The van der Waals surface area contributed by atoms with Crippen LogP contribution in [0.1, 0.15) is 17.3 Å². The molecule has 1 fully saturated rings. The topological polar surface area (TPSA) is 84.0 Å². The molecule has 1 heterocycles. The second-order valence-corrected chi connectivity index (χ2v) is 8.99. The number of carbonyl (C=O) groups is 2. The van der Waals surface area contributed by atoms with Crippen LogP contribution < -0.4 is 4.74 Å². The van der Waals surface area contributed by atoms with Gasteiger partial charge in [-0.2, -0.15) is 4.31 Å². The van der Waals surface area contributed by atoms with E-state index in [1.165, 1.54) is 35.5 Å². The van der Waals surface area contributed by atoms with Gasteiger partial charge in [-0.3, -0.25) is 9.59 Å². The summed E-state index contributed by atoms with van der Waals surface area (Å²) in [7, 11) is -3.62. The molecular formula is C20H21ClN2O5S. The van der Waals surface area contributed by atoms with Gasteiger partial charge in [0, 0.05) is 36.8 Å². The molecule has 0 unspecified atom stereocenters. The fraction of sp³-hybridized carbons (Fsp3) is 0.300. The number of hydrogen-bond donors (Lipinski definition) is 0. The highest BCUT2D eigenvalue weighted by Crippen LogP contribution is 2.20. The number of benzene rings is 2. The number of ether oxygens (including phenoxy) is 1. The van der Waals surface area contributed by atoms with E-state index < -0.39 is 10.0 Å². The lowest BCUT2D eigenvalue weighted by Gasteiger charge is -2.34. The molecule has 0 atom stereocenters. The summed E-state index contributed by atoms with van der Waals surface area (Å²) in [6.45, 7) is 2.26. The number of halogens is 1. The van der Waals surface area contributed by atoms with Gasteiger partial charge in [-0.1, -0.05) is 23.7 Å². The normalized spacial score (nSPS) is 15.2. The molecule has 0 aliphatic carbocycles. The Bertz CT molecular complexity index is 1000. The average molecular weight is 437 g/mol. The molecular weight excluding hydrogens is 416 g/mol. The van der Waals surface area contributed by atoms with E-state index in [1.807, 2.05) is 0 Å². The molecule has 9 heteroatoms. The summed E-state index contributed by atoms with van der Waals surface area (Å²) in [6, 6.07) is 12.6. The Labute approximate surface area is 174 Å². The van der Waals surface area contributed by atoms with E-state index in [9.17, 15) is 18.0 Å². The molecule has 0 radical (unpaired) electrons. The van der Waals surface area contributed by atoms with Crippen LogP contribution >= 0.6 is 11.6 Å². The van der Waals surface area contributed by atoms with Crippen molar-refractivity contribution in [3.8, 4) is 5.75 Å². The summed E-state index contributed by atoms with van der Waals surface area (Å²) in [5.41, 5.74) is 0.510. The van der Waals surface area contributed by atoms with E-state index in [-0.39, 0.29) is 49.4 Å². The fourth-order valence-electron chi connectivity index (χ4n) is 2.97. The van der Waals surface area contributed by atoms with E-state index in [4.69, 9.17) is 16.3 Å². The Morgan fingerprint density at radius 3 is 2.31 bits per heavy atom. The maximum absolute atomic E-state index is 12.7. The molecule has 1 saturated heterocycles. The van der Waals surface area contributed by atoms with Gasteiger partial charge in [0.05, 0.1) is 4.90 Å². The van der Waals surface area contributed by atoms with Crippen LogP contribution in [0.15, 0.2) is 53.4 Å². The van der Waals surface area contributed by atoms with E-state index in [0.29, 0.717) is 16.3 Å². The highest BCUT2D eigenvalue weighted by Gasteiger charge is 2.30. The molecule has 154 valence electrons. The molecule has 7 nitrogen and oxygen atoms in total. The Morgan fingerprint density at radius 2 is 1.69 bits per heavy atom. The third-order valence-corrected chi connectivity index (χ3v) is 6.81. The van der Waals surface area contributed by atoms with Gasteiger partial charge in [0.1, 0.15) is 5.75 Å². The SMILES string of the molecule is CC(=O)c1cccc(OCC(=O)N2CCN(S(=O)(=O)c3ccc(Cl)cc3)CC2)c1. The summed E-state index contributed by atoms with van der Waals surface area (Å²) < 4.78 is 32.3. The van der Waals surface area contributed by atoms with Gasteiger partial charge < -0.3 is 9.64 Å². The molecule has 0 aromatic heterocycles. The van der Waals surface area contributed by atoms with Gasteiger partial charge in [0.15, 0.2) is 12.4 Å². The zero-order chi connectivity index (χ0) is 21.0. The number of carbonyl (C=O) groups excluding carboxylic acids is 2. The second kappa shape index (κ2) is 8.94.